The van der Waals surface area contributed by atoms with Crippen molar-refractivity contribution in [1.82, 2.24) is 0 Å². The van der Waals surface area contributed by atoms with Crippen LogP contribution in [0.1, 0.15) is 26.3 Å². The average Bonchev–Trinajstić information content (AvgIpc) is 3.87. The molecule has 0 aliphatic carbocycles. The summed E-state index contributed by atoms with van der Waals surface area (Å²) < 4.78 is 13.4. The van der Waals surface area contributed by atoms with Crippen LogP contribution in [0.5, 0.6) is 0 Å². The molecule has 0 N–H and O–H groups in total. The van der Waals surface area contributed by atoms with Crippen LogP contribution < -0.4 is 0 Å². The molecule has 56 heavy (non-hydrogen) atoms. The van der Waals surface area contributed by atoms with E-state index < -0.39 is 0 Å². The largest absolute Gasteiger partial charge is 0.456 e. The number of para-hydroxylation sites is 2. The summed E-state index contributed by atoms with van der Waals surface area (Å²) in [5.74, 6) is 1.73. The monoisotopic (exact) mass is 718 g/mol. The van der Waals surface area contributed by atoms with Crippen molar-refractivity contribution in [3.8, 4) is 56.0 Å². The lowest BCUT2D eigenvalue weighted by Crippen LogP contribution is -2.10. The molecule has 2 heteroatoms. The first-order chi connectivity index (χ1) is 27.4. The highest BCUT2D eigenvalue weighted by Crippen LogP contribution is 2.50. The van der Waals surface area contributed by atoms with Gasteiger partial charge in [0.2, 0.25) is 0 Å². The average molecular weight is 719 g/mol. The maximum atomic E-state index is 6.68. The third-order valence-electron chi connectivity index (χ3n) is 11.6. The SMILES string of the molecule is CC(C)(C)c1cccc(-c2cc(-c3cc4ccccc4o3)c3ccc4c(-c5cccc(-c6ccccc6)c5)cc(-c5cc6ccccc6o5)c5ccc2c3c45)c1. The van der Waals surface area contributed by atoms with Gasteiger partial charge in [-0.1, -0.05) is 154 Å². The van der Waals surface area contributed by atoms with E-state index in [-0.39, 0.29) is 5.41 Å². The van der Waals surface area contributed by atoms with Crippen molar-refractivity contribution in [2.45, 2.75) is 26.2 Å². The second-order valence-corrected chi connectivity index (χ2v) is 16.1. The van der Waals surface area contributed by atoms with Crippen molar-refractivity contribution >= 4 is 54.3 Å². The Morgan fingerprint density at radius 2 is 0.786 bits per heavy atom. The van der Waals surface area contributed by atoms with E-state index in [0.717, 1.165) is 55.5 Å². The molecular formula is C54H38O2. The van der Waals surface area contributed by atoms with E-state index in [9.17, 15) is 0 Å². The number of hydrogen-bond acceptors (Lipinski definition) is 2. The molecule has 0 unspecified atom stereocenters. The summed E-state index contributed by atoms with van der Waals surface area (Å²) >= 11 is 0. The number of furan rings is 2. The molecule has 0 amide bonds. The second kappa shape index (κ2) is 12.3. The topological polar surface area (TPSA) is 26.3 Å². The Labute approximate surface area is 325 Å². The lowest BCUT2D eigenvalue weighted by atomic mass is 9.81. The molecule has 0 saturated heterocycles. The van der Waals surface area contributed by atoms with Crippen molar-refractivity contribution in [3.63, 3.8) is 0 Å². The lowest BCUT2D eigenvalue weighted by molar-refractivity contribution is 0.590. The van der Waals surface area contributed by atoms with Gasteiger partial charge in [0, 0.05) is 21.9 Å². The van der Waals surface area contributed by atoms with Gasteiger partial charge in [0.1, 0.15) is 22.7 Å². The third kappa shape index (κ3) is 5.17. The van der Waals surface area contributed by atoms with Gasteiger partial charge in [-0.25, -0.2) is 0 Å². The molecule has 0 aliphatic heterocycles. The van der Waals surface area contributed by atoms with Crippen molar-refractivity contribution in [2.24, 2.45) is 0 Å². The van der Waals surface area contributed by atoms with Crippen molar-refractivity contribution < 1.29 is 8.83 Å². The molecule has 0 atom stereocenters. The molecule has 2 aromatic heterocycles. The van der Waals surface area contributed by atoms with Gasteiger partial charge in [-0.3, -0.25) is 0 Å². The summed E-state index contributed by atoms with van der Waals surface area (Å²) in [6.07, 6.45) is 0. The molecule has 0 radical (unpaired) electrons. The summed E-state index contributed by atoms with van der Waals surface area (Å²) in [6, 6.07) is 63.6. The van der Waals surface area contributed by atoms with E-state index in [1.54, 1.807) is 0 Å². The van der Waals surface area contributed by atoms with E-state index in [1.807, 2.05) is 12.1 Å². The minimum absolute atomic E-state index is 0.00599. The second-order valence-electron chi connectivity index (χ2n) is 16.1. The number of rotatable bonds is 5. The molecule has 2 heterocycles. The van der Waals surface area contributed by atoms with Crippen molar-refractivity contribution in [2.75, 3.05) is 0 Å². The number of hydrogen-bond donors (Lipinski definition) is 0. The van der Waals surface area contributed by atoms with Gasteiger partial charge in [0.05, 0.1) is 0 Å². The maximum absolute atomic E-state index is 6.68. The highest BCUT2D eigenvalue weighted by atomic mass is 16.3. The van der Waals surface area contributed by atoms with Gasteiger partial charge in [-0.05, 0) is 119 Å². The highest BCUT2D eigenvalue weighted by Gasteiger charge is 2.24. The molecule has 0 aliphatic rings. The summed E-state index contributed by atoms with van der Waals surface area (Å²) in [7, 11) is 0. The summed E-state index contributed by atoms with van der Waals surface area (Å²) in [4.78, 5) is 0. The smallest absolute Gasteiger partial charge is 0.136 e. The first-order valence-corrected chi connectivity index (χ1v) is 19.4. The zero-order valence-corrected chi connectivity index (χ0v) is 31.6. The van der Waals surface area contributed by atoms with E-state index in [2.05, 4.69) is 185 Å². The minimum Gasteiger partial charge on any atom is -0.456 e. The number of benzene rings is 9. The predicted octanol–water partition coefficient (Wildman–Crippen LogP) is 15.7. The molecule has 2 nitrogen and oxygen atoms in total. The normalized spacial score (nSPS) is 12.2. The van der Waals surface area contributed by atoms with Crippen molar-refractivity contribution in [3.05, 3.63) is 181 Å². The zero-order chi connectivity index (χ0) is 37.5. The molecule has 0 saturated carbocycles. The first kappa shape index (κ1) is 32.5. The minimum atomic E-state index is 0.00599. The predicted molar refractivity (Wildman–Crippen MR) is 236 cm³/mol. The van der Waals surface area contributed by atoms with Gasteiger partial charge in [-0.15, -0.1) is 0 Å². The van der Waals surface area contributed by atoms with Gasteiger partial charge < -0.3 is 8.83 Å². The van der Waals surface area contributed by atoms with Crippen LogP contribution in [-0.2, 0) is 5.41 Å². The van der Waals surface area contributed by atoms with Crippen LogP contribution in [0.2, 0.25) is 0 Å². The molecule has 0 fully saturated rings. The zero-order valence-electron chi connectivity index (χ0n) is 31.6. The van der Waals surface area contributed by atoms with Crippen molar-refractivity contribution in [1.29, 1.82) is 0 Å². The van der Waals surface area contributed by atoms with Crippen LogP contribution in [-0.4, -0.2) is 0 Å². The number of fused-ring (bicyclic) bond motifs is 2. The molecule has 0 bridgehead atoms. The van der Waals surface area contributed by atoms with Gasteiger partial charge in [0.25, 0.3) is 0 Å². The Morgan fingerprint density at radius 1 is 0.339 bits per heavy atom. The molecule has 11 rings (SSSR count). The summed E-state index contributed by atoms with van der Waals surface area (Å²) in [5, 5.41) is 9.40. The Bertz CT molecular complexity index is 3210. The Balaban J connectivity index is 1.28. The van der Waals surface area contributed by atoms with E-state index in [1.165, 1.54) is 60.3 Å². The molecule has 266 valence electrons. The maximum Gasteiger partial charge on any atom is 0.136 e. The standard InChI is InChI=1S/C54H38O2/c1-54(2,3)39-20-12-19-36(28-39)45-32-47(51-30-38-16-8-10-22-49(38)56-51)43-25-23-40-44(35-18-11-17-34(27-35)33-13-5-4-6-14-33)31-46(42-26-24-41(45)53(43)52(40)42)50-29-37-15-7-9-21-48(37)55-50/h4-32H,1-3H3. The van der Waals surface area contributed by atoms with Crippen LogP contribution in [0.25, 0.3) is 110 Å². The van der Waals surface area contributed by atoms with E-state index in [4.69, 9.17) is 8.83 Å². The quantitative estimate of drug-likeness (QED) is 0.166. The van der Waals surface area contributed by atoms with Crippen LogP contribution in [0, 0.1) is 0 Å². The fourth-order valence-corrected chi connectivity index (χ4v) is 8.76. The fourth-order valence-electron chi connectivity index (χ4n) is 8.76. The third-order valence-corrected chi connectivity index (χ3v) is 11.6. The van der Waals surface area contributed by atoms with Gasteiger partial charge >= 0.3 is 0 Å². The van der Waals surface area contributed by atoms with Crippen LogP contribution >= 0.6 is 0 Å². The fraction of sp³-hybridized carbons (Fsp3) is 0.0741. The Hall–Kier alpha value is -6.90. The van der Waals surface area contributed by atoms with Crippen LogP contribution in [0.3, 0.4) is 0 Å². The molecule has 0 spiro atoms. The van der Waals surface area contributed by atoms with Gasteiger partial charge in [0.15, 0.2) is 0 Å². The molecular weight excluding hydrogens is 681 g/mol. The van der Waals surface area contributed by atoms with Crippen LogP contribution in [0.4, 0.5) is 0 Å². The van der Waals surface area contributed by atoms with E-state index in [0.29, 0.717) is 0 Å². The highest BCUT2D eigenvalue weighted by molar-refractivity contribution is 6.32. The van der Waals surface area contributed by atoms with Gasteiger partial charge in [-0.2, -0.15) is 0 Å². The first-order valence-electron chi connectivity index (χ1n) is 19.4. The molecule has 11 aromatic rings. The Morgan fingerprint density at radius 3 is 1.32 bits per heavy atom. The summed E-state index contributed by atoms with van der Waals surface area (Å²) in [5.41, 5.74) is 12.3. The summed E-state index contributed by atoms with van der Waals surface area (Å²) in [6.45, 7) is 6.85. The van der Waals surface area contributed by atoms with Crippen LogP contribution in [0.15, 0.2) is 185 Å². The van der Waals surface area contributed by atoms with E-state index >= 15 is 0 Å². The lowest BCUT2D eigenvalue weighted by Gasteiger charge is -2.22. The Kier molecular flexibility index (Phi) is 7.15. The molecule has 9 aromatic carbocycles.